The fourth-order valence-electron chi connectivity index (χ4n) is 2.83. The van der Waals surface area contributed by atoms with Crippen LogP contribution in [0.4, 0.5) is 0 Å². The molecule has 0 bridgehead atoms. The number of Topliss-reactive ketones (excluding diaryl/α,β-unsaturated/α-hetero) is 1. The van der Waals surface area contributed by atoms with E-state index in [2.05, 4.69) is 15.2 Å². The van der Waals surface area contributed by atoms with Crippen molar-refractivity contribution in [3.8, 4) is 5.69 Å². The molecule has 0 amide bonds. The Bertz CT molecular complexity index is 1050. The molecule has 124 valence electrons. The Balaban J connectivity index is 1.56. The number of para-hydroxylation sites is 2. The van der Waals surface area contributed by atoms with Crippen molar-refractivity contribution in [1.82, 2.24) is 19.7 Å². The minimum atomic E-state index is 0.0711. The number of fused-ring (bicyclic) bond motifs is 1. The molecule has 5 nitrogen and oxygen atoms in total. The summed E-state index contributed by atoms with van der Waals surface area (Å²) in [5.41, 5.74) is 3.84. The highest BCUT2D eigenvalue weighted by molar-refractivity contribution is 7.99. The van der Waals surface area contributed by atoms with Crippen LogP contribution in [0.3, 0.4) is 0 Å². The fraction of sp³-hybridized carbons (Fsp3) is 0.105. The lowest BCUT2D eigenvalue weighted by atomic mass is 10.1. The van der Waals surface area contributed by atoms with Crippen molar-refractivity contribution < 1.29 is 4.79 Å². The Labute approximate surface area is 149 Å². The SMILES string of the molecule is Cc1ccccc1-n1cnnc1SCC(=O)c1c[nH]c2ccccc12. The summed E-state index contributed by atoms with van der Waals surface area (Å²) in [7, 11) is 0. The van der Waals surface area contributed by atoms with Gasteiger partial charge in [-0.3, -0.25) is 9.36 Å². The van der Waals surface area contributed by atoms with E-state index in [0.717, 1.165) is 22.2 Å². The topological polar surface area (TPSA) is 63.6 Å². The third-order valence-electron chi connectivity index (χ3n) is 4.11. The standard InChI is InChI=1S/C19H16N4OS/c1-13-6-2-5-9-17(13)23-12-21-22-19(23)25-11-18(24)15-10-20-16-8-4-3-7-14(15)16/h2-10,12,20H,11H2,1H3. The summed E-state index contributed by atoms with van der Waals surface area (Å²) in [6, 6.07) is 15.9. The molecule has 0 radical (unpaired) electrons. The van der Waals surface area contributed by atoms with Gasteiger partial charge in [-0.15, -0.1) is 10.2 Å². The van der Waals surface area contributed by atoms with Crippen LogP contribution in [0, 0.1) is 6.92 Å². The maximum absolute atomic E-state index is 12.6. The van der Waals surface area contributed by atoms with Crippen LogP contribution in [-0.4, -0.2) is 31.3 Å². The summed E-state index contributed by atoms with van der Waals surface area (Å²) in [5.74, 6) is 0.383. The van der Waals surface area contributed by atoms with E-state index < -0.39 is 0 Å². The van der Waals surface area contributed by atoms with E-state index in [-0.39, 0.29) is 5.78 Å². The van der Waals surface area contributed by atoms with Crippen LogP contribution < -0.4 is 0 Å². The number of nitrogens with zero attached hydrogens (tertiary/aromatic N) is 3. The highest BCUT2D eigenvalue weighted by Gasteiger charge is 2.15. The number of rotatable bonds is 5. The lowest BCUT2D eigenvalue weighted by Gasteiger charge is -2.08. The van der Waals surface area contributed by atoms with Gasteiger partial charge in [-0.2, -0.15) is 0 Å². The number of carbonyl (C=O) groups excluding carboxylic acids is 1. The molecule has 0 aliphatic carbocycles. The number of carbonyl (C=O) groups is 1. The third kappa shape index (κ3) is 2.96. The first kappa shape index (κ1) is 15.7. The molecule has 0 spiro atoms. The van der Waals surface area contributed by atoms with Crippen molar-refractivity contribution in [3.63, 3.8) is 0 Å². The molecule has 0 fully saturated rings. The molecule has 0 aliphatic heterocycles. The van der Waals surface area contributed by atoms with Crippen LogP contribution >= 0.6 is 11.8 Å². The van der Waals surface area contributed by atoms with E-state index in [0.29, 0.717) is 16.5 Å². The maximum Gasteiger partial charge on any atom is 0.196 e. The quantitative estimate of drug-likeness (QED) is 0.437. The molecular weight excluding hydrogens is 332 g/mol. The monoisotopic (exact) mass is 348 g/mol. The van der Waals surface area contributed by atoms with Crippen LogP contribution in [0.1, 0.15) is 15.9 Å². The number of benzene rings is 2. The molecule has 2 heterocycles. The second-order valence-corrected chi connectivity index (χ2v) is 6.67. The van der Waals surface area contributed by atoms with Gasteiger partial charge in [0.1, 0.15) is 6.33 Å². The van der Waals surface area contributed by atoms with Gasteiger partial charge in [0.15, 0.2) is 10.9 Å². The second-order valence-electron chi connectivity index (χ2n) is 5.73. The number of aryl methyl sites for hydroxylation is 1. The zero-order valence-corrected chi connectivity index (χ0v) is 14.5. The molecular formula is C19H16N4OS. The number of hydrogen-bond acceptors (Lipinski definition) is 4. The van der Waals surface area contributed by atoms with E-state index >= 15 is 0 Å². The van der Waals surface area contributed by atoms with Crippen molar-refractivity contribution in [2.24, 2.45) is 0 Å². The summed E-state index contributed by atoms with van der Waals surface area (Å²) in [4.78, 5) is 15.8. The number of aromatic amines is 1. The average molecular weight is 348 g/mol. The largest absolute Gasteiger partial charge is 0.360 e. The summed E-state index contributed by atoms with van der Waals surface area (Å²) >= 11 is 1.40. The van der Waals surface area contributed by atoms with Gasteiger partial charge in [-0.25, -0.2) is 0 Å². The molecule has 2 aromatic carbocycles. The normalized spacial score (nSPS) is 11.1. The molecule has 0 saturated carbocycles. The average Bonchev–Trinajstić information content (AvgIpc) is 3.27. The van der Waals surface area contributed by atoms with Crippen LogP contribution in [-0.2, 0) is 0 Å². The maximum atomic E-state index is 12.6. The Hall–Kier alpha value is -2.86. The fourth-order valence-corrected chi connectivity index (χ4v) is 3.64. The molecule has 2 aromatic heterocycles. The molecule has 4 aromatic rings. The number of aromatic nitrogens is 4. The number of ketones is 1. The Kier molecular flexibility index (Phi) is 4.11. The smallest absolute Gasteiger partial charge is 0.196 e. The number of thioether (sulfide) groups is 1. The van der Waals surface area contributed by atoms with E-state index in [4.69, 9.17) is 0 Å². The molecule has 1 N–H and O–H groups in total. The first-order valence-electron chi connectivity index (χ1n) is 7.92. The van der Waals surface area contributed by atoms with E-state index in [1.54, 1.807) is 12.5 Å². The zero-order chi connectivity index (χ0) is 17.2. The van der Waals surface area contributed by atoms with Gasteiger partial charge < -0.3 is 4.98 Å². The zero-order valence-electron chi connectivity index (χ0n) is 13.6. The summed E-state index contributed by atoms with van der Waals surface area (Å²) in [5, 5.41) is 9.83. The lowest BCUT2D eigenvalue weighted by Crippen LogP contribution is -2.04. The van der Waals surface area contributed by atoms with Crippen molar-refractivity contribution >= 4 is 28.4 Å². The Morgan fingerprint density at radius 3 is 2.84 bits per heavy atom. The lowest BCUT2D eigenvalue weighted by molar-refractivity contribution is 0.102. The third-order valence-corrected chi connectivity index (χ3v) is 5.06. The van der Waals surface area contributed by atoms with Gasteiger partial charge in [-0.05, 0) is 24.6 Å². The van der Waals surface area contributed by atoms with Crippen LogP contribution in [0.2, 0.25) is 0 Å². The molecule has 0 aliphatic rings. The molecule has 25 heavy (non-hydrogen) atoms. The van der Waals surface area contributed by atoms with Crippen LogP contribution in [0.15, 0.2) is 66.2 Å². The van der Waals surface area contributed by atoms with Crippen LogP contribution in [0.25, 0.3) is 16.6 Å². The van der Waals surface area contributed by atoms with Gasteiger partial charge >= 0.3 is 0 Å². The summed E-state index contributed by atoms with van der Waals surface area (Å²) in [6.45, 7) is 2.04. The van der Waals surface area contributed by atoms with Crippen molar-refractivity contribution in [2.45, 2.75) is 12.1 Å². The van der Waals surface area contributed by atoms with E-state index in [1.807, 2.05) is 60.0 Å². The van der Waals surface area contributed by atoms with E-state index in [9.17, 15) is 4.79 Å². The van der Waals surface area contributed by atoms with Gasteiger partial charge in [0, 0.05) is 22.7 Å². The Morgan fingerprint density at radius 1 is 1.16 bits per heavy atom. The molecule has 4 rings (SSSR count). The molecule has 0 unspecified atom stereocenters. The minimum Gasteiger partial charge on any atom is -0.360 e. The number of hydrogen-bond donors (Lipinski definition) is 1. The second kappa shape index (κ2) is 6.57. The van der Waals surface area contributed by atoms with Gasteiger partial charge in [0.05, 0.1) is 11.4 Å². The van der Waals surface area contributed by atoms with Gasteiger partial charge in [-0.1, -0.05) is 48.2 Å². The first-order valence-corrected chi connectivity index (χ1v) is 8.91. The molecule has 0 atom stereocenters. The van der Waals surface area contributed by atoms with Gasteiger partial charge in [0.2, 0.25) is 0 Å². The summed E-state index contributed by atoms with van der Waals surface area (Å²) < 4.78 is 1.92. The number of nitrogens with one attached hydrogen (secondary N) is 1. The van der Waals surface area contributed by atoms with Crippen molar-refractivity contribution in [2.75, 3.05) is 5.75 Å². The Morgan fingerprint density at radius 2 is 1.96 bits per heavy atom. The minimum absolute atomic E-state index is 0.0711. The van der Waals surface area contributed by atoms with E-state index in [1.165, 1.54) is 11.8 Å². The predicted molar refractivity (Wildman–Crippen MR) is 99.4 cm³/mol. The van der Waals surface area contributed by atoms with Crippen LogP contribution in [0.5, 0.6) is 0 Å². The predicted octanol–water partition coefficient (Wildman–Crippen LogP) is 4.03. The highest BCUT2D eigenvalue weighted by atomic mass is 32.2. The molecule has 0 saturated heterocycles. The summed E-state index contributed by atoms with van der Waals surface area (Å²) in [6.07, 6.45) is 3.46. The van der Waals surface area contributed by atoms with Gasteiger partial charge in [0.25, 0.3) is 0 Å². The number of H-pyrrole nitrogens is 1. The van der Waals surface area contributed by atoms with Crippen molar-refractivity contribution in [3.05, 3.63) is 72.2 Å². The van der Waals surface area contributed by atoms with Crippen molar-refractivity contribution in [1.29, 1.82) is 0 Å². The highest BCUT2D eigenvalue weighted by Crippen LogP contribution is 2.24. The first-order chi connectivity index (χ1) is 12.2. The molecule has 6 heteroatoms.